The fraction of sp³-hybridized carbons (Fsp3) is 0.400. The number of amides is 1. The predicted octanol–water partition coefficient (Wildman–Crippen LogP) is 5.51. The Bertz CT molecular complexity index is 962. The average Bonchev–Trinajstić information content (AvgIpc) is 2.78. The van der Waals surface area contributed by atoms with Gasteiger partial charge >= 0.3 is 5.97 Å². The number of carboxylic acids is 1. The molecule has 0 radical (unpaired) electrons. The molecule has 7 heteroatoms. The number of amidine groups is 1. The van der Waals surface area contributed by atoms with Gasteiger partial charge in [0.2, 0.25) is 0 Å². The van der Waals surface area contributed by atoms with Crippen LogP contribution in [0.25, 0.3) is 0 Å². The number of carbonyl (C=O) groups is 2. The number of hydrogen-bond donors (Lipinski definition) is 2. The Morgan fingerprint density at radius 3 is 2.47 bits per heavy atom. The first-order chi connectivity index (χ1) is 15.6. The maximum absolute atomic E-state index is 13.0. The normalized spacial score (nSPS) is 21.0. The molecule has 0 aromatic heterocycles. The van der Waals surface area contributed by atoms with Crippen LogP contribution in [0.5, 0.6) is 0 Å². The number of aryl methyl sites for hydroxylation is 1. The van der Waals surface area contributed by atoms with Gasteiger partial charge in [-0.2, -0.15) is 4.99 Å². The number of anilines is 2. The number of rotatable bonds is 6. The zero-order valence-corrected chi connectivity index (χ0v) is 18.9. The van der Waals surface area contributed by atoms with Crippen molar-refractivity contribution in [3.05, 3.63) is 60.2 Å². The Morgan fingerprint density at radius 2 is 1.75 bits per heavy atom. The lowest BCUT2D eigenvalue weighted by Gasteiger charge is -2.35. The Hall–Kier alpha value is -2.80. The minimum atomic E-state index is -0.804. The molecule has 0 saturated heterocycles. The number of benzene rings is 2. The summed E-state index contributed by atoms with van der Waals surface area (Å²) in [6.07, 6.45) is 7.24. The number of para-hydroxylation sites is 1. The van der Waals surface area contributed by atoms with Crippen LogP contribution >= 0.6 is 11.8 Å². The average molecular weight is 452 g/mol. The lowest BCUT2D eigenvalue weighted by Crippen LogP contribution is -2.41. The summed E-state index contributed by atoms with van der Waals surface area (Å²) in [6, 6.07) is 17.6. The summed E-state index contributed by atoms with van der Waals surface area (Å²) in [6.45, 7) is 0. The number of nitrogens with zero attached hydrogens (tertiary/aromatic N) is 2. The van der Waals surface area contributed by atoms with Crippen molar-refractivity contribution in [2.24, 2.45) is 10.9 Å². The second-order valence-corrected chi connectivity index (χ2v) is 9.57. The number of hydrogen-bond acceptors (Lipinski definition) is 5. The fourth-order valence-electron chi connectivity index (χ4n) is 4.24. The van der Waals surface area contributed by atoms with E-state index in [2.05, 4.69) is 10.4 Å². The van der Waals surface area contributed by atoms with Gasteiger partial charge in [0.15, 0.2) is 5.17 Å². The molecule has 2 atom stereocenters. The largest absolute Gasteiger partial charge is 0.481 e. The van der Waals surface area contributed by atoms with Crippen LogP contribution in [-0.4, -0.2) is 27.4 Å². The molecule has 1 aliphatic heterocycles. The first-order valence-electron chi connectivity index (χ1n) is 11.3. The number of fused-ring (bicyclic) bond motifs is 1. The molecule has 1 saturated carbocycles. The Morgan fingerprint density at radius 1 is 1.03 bits per heavy atom. The number of aliphatic imine (C=N–C) groups is 1. The summed E-state index contributed by atoms with van der Waals surface area (Å²) < 4.78 is 0. The van der Waals surface area contributed by atoms with E-state index in [0.29, 0.717) is 11.6 Å². The van der Waals surface area contributed by atoms with Crippen molar-refractivity contribution in [3.8, 4) is 0 Å². The quantitative estimate of drug-likeness (QED) is 0.564. The fourth-order valence-corrected chi connectivity index (χ4v) is 5.61. The maximum atomic E-state index is 13.0. The molecule has 1 fully saturated rings. The van der Waals surface area contributed by atoms with Crippen LogP contribution in [0.15, 0.2) is 59.6 Å². The van der Waals surface area contributed by atoms with Crippen LogP contribution in [0.1, 0.15) is 50.5 Å². The number of carbonyl (C=O) groups excluding carboxylic acids is 1. The smallest absolute Gasteiger partial charge is 0.303 e. The van der Waals surface area contributed by atoms with Crippen LogP contribution < -0.4 is 10.4 Å². The summed E-state index contributed by atoms with van der Waals surface area (Å²) in [5, 5.41) is 11.7. The van der Waals surface area contributed by atoms with Gasteiger partial charge in [-0.3, -0.25) is 15.0 Å². The molecule has 1 heterocycles. The van der Waals surface area contributed by atoms with E-state index in [9.17, 15) is 9.59 Å². The topological polar surface area (TPSA) is 82.0 Å². The molecule has 1 amide bonds. The number of thioether (sulfide) groups is 1. The highest BCUT2D eigenvalue weighted by atomic mass is 32.2. The van der Waals surface area contributed by atoms with Crippen LogP contribution in [-0.2, 0) is 16.0 Å². The number of hydrazine groups is 1. The third-order valence-corrected chi connectivity index (χ3v) is 7.36. The van der Waals surface area contributed by atoms with Crippen molar-refractivity contribution in [1.82, 2.24) is 0 Å². The summed E-state index contributed by atoms with van der Waals surface area (Å²) in [5.41, 5.74) is 6.14. The summed E-state index contributed by atoms with van der Waals surface area (Å²) in [7, 11) is 0. The van der Waals surface area contributed by atoms with Gasteiger partial charge in [0, 0.05) is 11.7 Å². The van der Waals surface area contributed by atoms with E-state index in [1.165, 1.54) is 12.8 Å². The van der Waals surface area contributed by atoms with E-state index in [1.54, 1.807) is 11.8 Å². The first-order valence-corrected chi connectivity index (χ1v) is 12.2. The lowest BCUT2D eigenvalue weighted by molar-refractivity contribution is -0.137. The van der Waals surface area contributed by atoms with E-state index in [0.717, 1.165) is 42.6 Å². The SMILES string of the molecule is O=C(O)CCc1ccc(N(Nc2ccccc2)C2=NC(=O)C3CCCCCCC3S2)cc1. The molecule has 2 aromatic rings. The molecule has 168 valence electrons. The highest BCUT2D eigenvalue weighted by Gasteiger charge is 2.36. The van der Waals surface area contributed by atoms with Gasteiger partial charge in [0.1, 0.15) is 0 Å². The van der Waals surface area contributed by atoms with Crippen molar-refractivity contribution >= 4 is 40.2 Å². The van der Waals surface area contributed by atoms with E-state index in [-0.39, 0.29) is 23.5 Å². The van der Waals surface area contributed by atoms with Crippen LogP contribution in [0.3, 0.4) is 0 Å². The van der Waals surface area contributed by atoms with Gasteiger partial charge in [-0.15, -0.1) is 0 Å². The third-order valence-electron chi connectivity index (χ3n) is 6.01. The molecule has 2 N–H and O–H groups in total. The maximum Gasteiger partial charge on any atom is 0.303 e. The van der Waals surface area contributed by atoms with E-state index >= 15 is 0 Å². The highest BCUT2D eigenvalue weighted by Crippen LogP contribution is 2.38. The monoisotopic (exact) mass is 451 g/mol. The Balaban J connectivity index is 1.61. The zero-order chi connectivity index (χ0) is 22.3. The van der Waals surface area contributed by atoms with Crippen LogP contribution in [0, 0.1) is 5.92 Å². The minimum Gasteiger partial charge on any atom is -0.481 e. The van der Waals surface area contributed by atoms with Gasteiger partial charge in [0.05, 0.1) is 17.3 Å². The summed E-state index contributed by atoms with van der Waals surface area (Å²) in [4.78, 5) is 28.4. The van der Waals surface area contributed by atoms with Gasteiger partial charge in [-0.25, -0.2) is 5.01 Å². The standard InChI is InChI=1S/C25H29N3O3S/c29-23(30)17-14-18-12-15-20(16-13-18)28(27-19-8-4-3-5-9-19)25-26-24(31)21-10-6-1-2-7-11-22(21)32-25/h3-5,8-9,12-13,15-16,21-22,27H,1-2,6-7,10-11,14,17H2,(H,29,30). The molecule has 2 aliphatic rings. The van der Waals surface area contributed by atoms with E-state index in [4.69, 9.17) is 5.11 Å². The highest BCUT2D eigenvalue weighted by molar-refractivity contribution is 8.14. The third kappa shape index (κ3) is 5.71. The molecule has 32 heavy (non-hydrogen) atoms. The van der Waals surface area contributed by atoms with Gasteiger partial charge in [0.25, 0.3) is 5.91 Å². The zero-order valence-electron chi connectivity index (χ0n) is 18.1. The predicted molar refractivity (Wildman–Crippen MR) is 130 cm³/mol. The van der Waals surface area contributed by atoms with Crippen molar-refractivity contribution in [1.29, 1.82) is 0 Å². The van der Waals surface area contributed by atoms with Crippen molar-refractivity contribution in [3.63, 3.8) is 0 Å². The molecular formula is C25H29N3O3S. The number of nitrogens with one attached hydrogen (secondary N) is 1. The molecule has 2 unspecified atom stereocenters. The lowest BCUT2D eigenvalue weighted by atomic mass is 9.90. The van der Waals surface area contributed by atoms with E-state index in [1.807, 2.05) is 59.6 Å². The van der Waals surface area contributed by atoms with Crippen LogP contribution in [0.4, 0.5) is 11.4 Å². The number of carboxylic acid groups (broad SMARTS) is 1. The second-order valence-electron chi connectivity index (χ2n) is 8.36. The minimum absolute atomic E-state index is 0.0106. The molecule has 0 spiro atoms. The summed E-state index contributed by atoms with van der Waals surface area (Å²) >= 11 is 1.70. The molecule has 4 rings (SSSR count). The van der Waals surface area contributed by atoms with Crippen molar-refractivity contribution in [2.45, 2.75) is 56.6 Å². The summed E-state index contributed by atoms with van der Waals surface area (Å²) in [5.74, 6) is -0.800. The van der Waals surface area contributed by atoms with Gasteiger partial charge in [-0.05, 0) is 49.1 Å². The van der Waals surface area contributed by atoms with Crippen molar-refractivity contribution in [2.75, 3.05) is 10.4 Å². The number of aliphatic carboxylic acids is 1. The van der Waals surface area contributed by atoms with Crippen LogP contribution in [0.2, 0.25) is 0 Å². The Kier molecular flexibility index (Phi) is 7.47. The van der Waals surface area contributed by atoms with Gasteiger partial charge < -0.3 is 5.11 Å². The first kappa shape index (κ1) is 22.4. The molecule has 1 aliphatic carbocycles. The molecular weight excluding hydrogens is 422 g/mol. The molecule has 2 aromatic carbocycles. The van der Waals surface area contributed by atoms with Crippen molar-refractivity contribution < 1.29 is 14.7 Å². The Labute approximate surface area is 193 Å². The molecule has 0 bridgehead atoms. The second kappa shape index (κ2) is 10.7. The molecule has 6 nitrogen and oxygen atoms in total. The van der Waals surface area contributed by atoms with Gasteiger partial charge in [-0.1, -0.05) is 67.8 Å². The van der Waals surface area contributed by atoms with E-state index < -0.39 is 5.97 Å².